The van der Waals surface area contributed by atoms with E-state index in [4.69, 9.17) is 9.47 Å². The van der Waals surface area contributed by atoms with E-state index in [9.17, 15) is 4.79 Å². The molecule has 1 aliphatic heterocycles. The largest absolute Gasteiger partial charge is 0.493 e. The van der Waals surface area contributed by atoms with Gasteiger partial charge in [-0.25, -0.2) is 0 Å². The van der Waals surface area contributed by atoms with Gasteiger partial charge in [0.15, 0.2) is 11.5 Å². The predicted molar refractivity (Wildman–Crippen MR) is 147 cm³/mol. The number of methoxy groups -OCH3 is 2. The van der Waals surface area contributed by atoms with Crippen LogP contribution in [-0.2, 0) is 6.42 Å². The molecule has 1 aliphatic carbocycles. The Kier molecular flexibility index (Phi) is 9.46. The summed E-state index contributed by atoms with van der Waals surface area (Å²) >= 11 is 0. The Morgan fingerprint density at radius 1 is 1.00 bits per heavy atom. The summed E-state index contributed by atoms with van der Waals surface area (Å²) in [5.41, 5.74) is 3.88. The van der Waals surface area contributed by atoms with E-state index < -0.39 is 0 Å². The van der Waals surface area contributed by atoms with Gasteiger partial charge in [0.05, 0.1) is 14.2 Å². The molecule has 0 radical (unpaired) electrons. The molecule has 36 heavy (non-hydrogen) atoms. The van der Waals surface area contributed by atoms with E-state index in [1.807, 2.05) is 37.3 Å². The topological polar surface area (TPSA) is 50.8 Å². The number of hydrogen-bond acceptors (Lipinski definition) is 4. The lowest BCUT2D eigenvalue weighted by atomic mass is 9.88. The summed E-state index contributed by atoms with van der Waals surface area (Å²) in [7, 11) is 3.33. The fourth-order valence-corrected chi connectivity index (χ4v) is 5.91. The maximum atomic E-state index is 13.4. The second kappa shape index (κ2) is 13.0. The van der Waals surface area contributed by atoms with Gasteiger partial charge in [0.25, 0.3) is 5.91 Å². The summed E-state index contributed by atoms with van der Waals surface area (Å²) in [5, 5.41) is 3.13. The Labute approximate surface area is 216 Å². The van der Waals surface area contributed by atoms with Crippen LogP contribution in [0.15, 0.2) is 48.0 Å². The smallest absolute Gasteiger partial charge is 0.251 e. The molecule has 1 amide bonds. The minimum absolute atomic E-state index is 0.0661. The highest BCUT2D eigenvalue weighted by Gasteiger charge is 2.30. The first kappa shape index (κ1) is 26.3. The number of ether oxygens (including phenoxy) is 2. The Morgan fingerprint density at radius 2 is 1.78 bits per heavy atom. The lowest BCUT2D eigenvalue weighted by molar-refractivity contribution is 0.0955. The lowest BCUT2D eigenvalue weighted by Crippen LogP contribution is -2.36. The second-order valence-electron chi connectivity index (χ2n) is 10.4. The molecule has 5 nitrogen and oxygen atoms in total. The summed E-state index contributed by atoms with van der Waals surface area (Å²) < 4.78 is 11.4. The van der Waals surface area contributed by atoms with Crippen LogP contribution in [-0.4, -0.2) is 50.7 Å². The van der Waals surface area contributed by atoms with E-state index in [1.165, 1.54) is 45.1 Å². The van der Waals surface area contributed by atoms with Crippen molar-refractivity contribution in [3.8, 4) is 11.5 Å². The molecule has 1 saturated heterocycles. The van der Waals surface area contributed by atoms with Gasteiger partial charge >= 0.3 is 0 Å². The van der Waals surface area contributed by atoms with E-state index in [1.54, 1.807) is 14.2 Å². The number of amides is 1. The Morgan fingerprint density at radius 3 is 2.50 bits per heavy atom. The standard InChI is InChI=1S/C31H42N2O3/c1-23(19-24-11-6-4-7-12-24)21-32-31(34)27-16-17-29(35-2)30(36-3)28(27)20-26-15-10-18-33(26)22-25-13-8-5-9-14-25/h4,6-7,11-12,16-17,19,25-26H,5,8-10,13-15,18,20-22H2,1-3H3,(H,32,34)/t26-/m0/s1. The minimum atomic E-state index is -0.0661. The van der Waals surface area contributed by atoms with E-state index in [0.29, 0.717) is 29.6 Å². The summed E-state index contributed by atoms with van der Waals surface area (Å²) in [6.45, 7) is 4.88. The van der Waals surface area contributed by atoms with Gasteiger partial charge in [0.1, 0.15) is 0 Å². The predicted octanol–water partition coefficient (Wildman–Crippen LogP) is 6.12. The first-order valence-electron chi connectivity index (χ1n) is 13.6. The fraction of sp³-hybridized carbons (Fsp3) is 0.516. The van der Waals surface area contributed by atoms with Gasteiger partial charge in [-0.2, -0.15) is 0 Å². The summed E-state index contributed by atoms with van der Waals surface area (Å²) in [6, 6.07) is 14.4. The van der Waals surface area contributed by atoms with E-state index in [2.05, 4.69) is 28.4 Å². The average Bonchev–Trinajstić information content (AvgIpc) is 3.34. The van der Waals surface area contributed by atoms with Gasteiger partial charge in [0.2, 0.25) is 0 Å². The van der Waals surface area contributed by atoms with Crippen LogP contribution >= 0.6 is 0 Å². The van der Waals surface area contributed by atoms with Gasteiger partial charge in [-0.3, -0.25) is 9.69 Å². The molecule has 0 unspecified atom stereocenters. The first-order chi connectivity index (χ1) is 17.6. The number of carbonyl (C=O) groups excluding carboxylic acids is 1. The number of rotatable bonds is 10. The van der Waals surface area contributed by atoms with E-state index >= 15 is 0 Å². The highest BCUT2D eigenvalue weighted by Crippen LogP contribution is 2.37. The lowest BCUT2D eigenvalue weighted by Gasteiger charge is -2.31. The molecule has 1 N–H and O–H groups in total. The molecule has 4 rings (SSSR count). The maximum Gasteiger partial charge on any atom is 0.251 e. The van der Waals surface area contributed by atoms with Gasteiger partial charge in [-0.1, -0.05) is 61.2 Å². The third-order valence-corrected chi connectivity index (χ3v) is 7.79. The molecular formula is C31H42N2O3. The van der Waals surface area contributed by atoms with Crippen LogP contribution < -0.4 is 14.8 Å². The van der Waals surface area contributed by atoms with Gasteiger partial charge in [-0.15, -0.1) is 0 Å². The third-order valence-electron chi connectivity index (χ3n) is 7.79. The Bertz CT molecular complexity index is 1030. The number of carbonyl (C=O) groups is 1. The van der Waals surface area contributed by atoms with Crippen molar-refractivity contribution in [2.24, 2.45) is 5.92 Å². The molecule has 1 saturated carbocycles. The number of nitrogens with zero attached hydrogens (tertiary/aromatic N) is 1. The summed E-state index contributed by atoms with van der Waals surface area (Å²) in [5.74, 6) is 2.12. The number of likely N-dealkylation sites (tertiary alicyclic amines) is 1. The van der Waals surface area contributed by atoms with Crippen molar-refractivity contribution >= 4 is 12.0 Å². The number of hydrogen-bond donors (Lipinski definition) is 1. The molecule has 2 aromatic carbocycles. The highest BCUT2D eigenvalue weighted by molar-refractivity contribution is 5.97. The van der Waals surface area contributed by atoms with Crippen molar-refractivity contribution in [2.45, 2.75) is 64.3 Å². The summed E-state index contributed by atoms with van der Waals surface area (Å²) in [4.78, 5) is 16.1. The van der Waals surface area contributed by atoms with Crippen molar-refractivity contribution < 1.29 is 14.3 Å². The number of benzene rings is 2. The average molecular weight is 491 g/mol. The van der Waals surface area contributed by atoms with Crippen LogP contribution in [0.5, 0.6) is 11.5 Å². The van der Waals surface area contributed by atoms with Crippen molar-refractivity contribution in [1.29, 1.82) is 0 Å². The Hall–Kier alpha value is -2.79. The molecule has 0 bridgehead atoms. The van der Waals surface area contributed by atoms with Crippen LogP contribution in [0.25, 0.3) is 6.08 Å². The van der Waals surface area contributed by atoms with E-state index in [-0.39, 0.29) is 5.91 Å². The molecule has 2 aromatic rings. The molecule has 0 spiro atoms. The van der Waals surface area contributed by atoms with Crippen molar-refractivity contribution in [3.05, 3.63) is 64.7 Å². The van der Waals surface area contributed by atoms with Gasteiger partial charge in [0, 0.05) is 30.3 Å². The van der Waals surface area contributed by atoms with Crippen molar-refractivity contribution in [1.82, 2.24) is 10.2 Å². The van der Waals surface area contributed by atoms with Gasteiger partial charge < -0.3 is 14.8 Å². The van der Waals surface area contributed by atoms with Crippen LogP contribution in [0.4, 0.5) is 0 Å². The molecule has 2 aliphatic rings. The zero-order valence-electron chi connectivity index (χ0n) is 22.2. The SMILES string of the molecule is COc1ccc(C(=O)NCC(C)=Cc2ccccc2)c(C[C@@H]2CCCN2CC2CCCCC2)c1OC. The van der Waals surface area contributed by atoms with Gasteiger partial charge in [-0.05, 0) is 69.2 Å². The number of nitrogens with one attached hydrogen (secondary N) is 1. The molecule has 5 heteroatoms. The third kappa shape index (κ3) is 6.70. The van der Waals surface area contributed by atoms with Crippen molar-refractivity contribution in [2.75, 3.05) is 33.9 Å². The monoisotopic (exact) mass is 490 g/mol. The van der Waals surface area contributed by atoms with E-state index in [0.717, 1.165) is 42.0 Å². The quantitative estimate of drug-likeness (QED) is 0.436. The minimum Gasteiger partial charge on any atom is -0.493 e. The second-order valence-corrected chi connectivity index (χ2v) is 10.4. The van der Waals surface area contributed by atoms with Crippen molar-refractivity contribution in [3.63, 3.8) is 0 Å². The zero-order valence-corrected chi connectivity index (χ0v) is 22.2. The Balaban J connectivity index is 1.51. The molecule has 0 aromatic heterocycles. The zero-order chi connectivity index (χ0) is 25.3. The molecule has 1 heterocycles. The molecule has 194 valence electrons. The van der Waals surface area contributed by atoms with Crippen LogP contribution in [0.1, 0.15) is 73.4 Å². The maximum absolute atomic E-state index is 13.4. The molecular weight excluding hydrogens is 448 g/mol. The van der Waals surface area contributed by atoms with Crippen LogP contribution in [0.2, 0.25) is 0 Å². The molecule has 2 fully saturated rings. The fourth-order valence-electron chi connectivity index (χ4n) is 5.91. The van der Waals surface area contributed by atoms with Crippen LogP contribution in [0, 0.1) is 5.92 Å². The highest BCUT2D eigenvalue weighted by atomic mass is 16.5. The molecule has 1 atom stereocenters. The summed E-state index contributed by atoms with van der Waals surface area (Å²) in [6.07, 6.45) is 12.1. The van der Waals surface area contributed by atoms with Crippen LogP contribution in [0.3, 0.4) is 0 Å². The first-order valence-corrected chi connectivity index (χ1v) is 13.6. The normalized spacial score (nSPS) is 19.3.